The van der Waals surface area contributed by atoms with Gasteiger partial charge in [-0.3, -0.25) is 4.79 Å². The molecular formula is C22H27ClN2O2. The molecule has 2 aromatic rings. The molecule has 144 valence electrons. The smallest absolute Gasteiger partial charge is 0.251 e. The fourth-order valence-electron chi connectivity index (χ4n) is 3.45. The summed E-state index contributed by atoms with van der Waals surface area (Å²) >= 11 is 6.16. The molecule has 0 aromatic heterocycles. The second-order valence-corrected chi connectivity index (χ2v) is 7.53. The van der Waals surface area contributed by atoms with E-state index in [-0.39, 0.29) is 5.91 Å². The Balaban J connectivity index is 1.56. The highest BCUT2D eigenvalue weighted by Crippen LogP contribution is 2.26. The van der Waals surface area contributed by atoms with E-state index in [9.17, 15) is 4.79 Å². The van der Waals surface area contributed by atoms with Gasteiger partial charge in [0.15, 0.2) is 0 Å². The van der Waals surface area contributed by atoms with Crippen LogP contribution in [0.5, 0.6) is 5.75 Å². The quantitative estimate of drug-likeness (QED) is 0.767. The predicted octanol–water partition coefficient (Wildman–Crippen LogP) is 4.91. The van der Waals surface area contributed by atoms with Gasteiger partial charge in [0.25, 0.3) is 5.91 Å². The van der Waals surface area contributed by atoms with Gasteiger partial charge in [-0.15, -0.1) is 0 Å². The van der Waals surface area contributed by atoms with Crippen molar-refractivity contribution in [3.05, 3.63) is 58.6 Å². The molecule has 0 bridgehead atoms. The molecule has 4 nitrogen and oxygen atoms in total. The summed E-state index contributed by atoms with van der Waals surface area (Å²) in [5.74, 6) is 1.20. The molecule has 1 aliphatic heterocycles. The standard InChI is InChI=1S/C22H27ClN2O2/c1-3-27-21-11-8-18(13-20(21)23)22(26)24-14-17-6-9-19(10-7-17)25-12-4-5-16(2)15-25/h6-11,13,16H,3-5,12,14-15H2,1-2H3,(H,24,26)/t16-/m0/s1. The number of nitrogens with one attached hydrogen (secondary N) is 1. The van der Waals surface area contributed by atoms with Gasteiger partial charge in [-0.1, -0.05) is 30.7 Å². The molecule has 1 amide bonds. The van der Waals surface area contributed by atoms with E-state index in [1.807, 2.05) is 6.92 Å². The van der Waals surface area contributed by atoms with E-state index in [0.717, 1.165) is 24.6 Å². The van der Waals surface area contributed by atoms with E-state index >= 15 is 0 Å². The number of halogens is 1. The summed E-state index contributed by atoms with van der Waals surface area (Å²) in [6.07, 6.45) is 2.57. The van der Waals surface area contributed by atoms with Crippen molar-refractivity contribution < 1.29 is 9.53 Å². The minimum atomic E-state index is -0.145. The minimum Gasteiger partial charge on any atom is -0.492 e. The van der Waals surface area contributed by atoms with Gasteiger partial charge in [0.2, 0.25) is 0 Å². The summed E-state index contributed by atoms with van der Waals surface area (Å²) in [4.78, 5) is 14.8. The van der Waals surface area contributed by atoms with E-state index in [0.29, 0.717) is 29.5 Å². The zero-order valence-electron chi connectivity index (χ0n) is 16.0. The largest absolute Gasteiger partial charge is 0.492 e. The van der Waals surface area contributed by atoms with Gasteiger partial charge in [-0.2, -0.15) is 0 Å². The lowest BCUT2D eigenvalue weighted by molar-refractivity contribution is 0.0951. The van der Waals surface area contributed by atoms with Crippen molar-refractivity contribution >= 4 is 23.2 Å². The van der Waals surface area contributed by atoms with Crippen LogP contribution in [0.3, 0.4) is 0 Å². The molecule has 27 heavy (non-hydrogen) atoms. The molecular weight excluding hydrogens is 360 g/mol. The number of carbonyl (C=O) groups excluding carboxylic acids is 1. The fourth-order valence-corrected chi connectivity index (χ4v) is 3.68. The maximum absolute atomic E-state index is 12.4. The minimum absolute atomic E-state index is 0.145. The van der Waals surface area contributed by atoms with Gasteiger partial charge in [0, 0.05) is 30.9 Å². The van der Waals surface area contributed by atoms with E-state index in [2.05, 4.69) is 41.4 Å². The maximum atomic E-state index is 12.4. The lowest BCUT2D eigenvalue weighted by Crippen LogP contribution is -2.34. The molecule has 1 fully saturated rings. The van der Waals surface area contributed by atoms with Crippen molar-refractivity contribution in [3.8, 4) is 5.75 Å². The molecule has 1 atom stereocenters. The van der Waals surface area contributed by atoms with Crippen molar-refractivity contribution in [1.29, 1.82) is 0 Å². The van der Waals surface area contributed by atoms with Crippen LogP contribution in [0.2, 0.25) is 5.02 Å². The van der Waals surface area contributed by atoms with Gasteiger partial charge in [0.1, 0.15) is 5.75 Å². The van der Waals surface area contributed by atoms with Crippen LogP contribution in [0.4, 0.5) is 5.69 Å². The Morgan fingerprint density at radius 1 is 1.26 bits per heavy atom. The molecule has 0 aliphatic carbocycles. The first kappa shape index (κ1) is 19.6. The van der Waals surface area contributed by atoms with E-state index in [4.69, 9.17) is 16.3 Å². The zero-order valence-corrected chi connectivity index (χ0v) is 16.8. The molecule has 0 saturated carbocycles. The van der Waals surface area contributed by atoms with Crippen LogP contribution in [-0.4, -0.2) is 25.6 Å². The summed E-state index contributed by atoms with van der Waals surface area (Å²) in [6, 6.07) is 13.6. The van der Waals surface area contributed by atoms with Crippen LogP contribution < -0.4 is 15.0 Å². The summed E-state index contributed by atoms with van der Waals surface area (Å²) in [6.45, 7) is 7.47. The molecule has 1 N–H and O–H groups in total. The number of hydrogen-bond donors (Lipinski definition) is 1. The van der Waals surface area contributed by atoms with Gasteiger partial charge in [-0.25, -0.2) is 0 Å². The number of carbonyl (C=O) groups is 1. The van der Waals surface area contributed by atoms with E-state index < -0.39 is 0 Å². The number of ether oxygens (including phenoxy) is 1. The monoisotopic (exact) mass is 386 g/mol. The summed E-state index contributed by atoms with van der Waals surface area (Å²) in [7, 11) is 0. The van der Waals surface area contributed by atoms with Gasteiger partial charge in [-0.05, 0) is 61.6 Å². The van der Waals surface area contributed by atoms with Gasteiger partial charge >= 0.3 is 0 Å². The number of amides is 1. The molecule has 0 radical (unpaired) electrons. The van der Waals surface area contributed by atoms with Crippen molar-refractivity contribution in [2.24, 2.45) is 5.92 Å². The van der Waals surface area contributed by atoms with Crippen LogP contribution >= 0.6 is 11.6 Å². The van der Waals surface area contributed by atoms with E-state index in [1.165, 1.54) is 18.5 Å². The highest BCUT2D eigenvalue weighted by molar-refractivity contribution is 6.32. The van der Waals surface area contributed by atoms with Crippen molar-refractivity contribution in [2.75, 3.05) is 24.6 Å². The molecule has 2 aromatic carbocycles. The van der Waals surface area contributed by atoms with Crippen molar-refractivity contribution in [1.82, 2.24) is 5.32 Å². The molecule has 0 spiro atoms. The Labute approximate surface area is 166 Å². The summed E-state index contributed by atoms with van der Waals surface area (Å²) in [5.41, 5.74) is 2.87. The van der Waals surface area contributed by atoms with Crippen LogP contribution in [0, 0.1) is 5.92 Å². The first-order valence-electron chi connectivity index (χ1n) is 9.61. The number of piperidine rings is 1. The second kappa shape index (κ2) is 9.14. The fraction of sp³-hybridized carbons (Fsp3) is 0.409. The Kier molecular flexibility index (Phi) is 6.62. The first-order chi connectivity index (χ1) is 13.1. The number of nitrogens with zero attached hydrogens (tertiary/aromatic N) is 1. The van der Waals surface area contributed by atoms with Crippen molar-refractivity contribution in [2.45, 2.75) is 33.2 Å². The van der Waals surface area contributed by atoms with E-state index in [1.54, 1.807) is 18.2 Å². The molecule has 1 saturated heterocycles. The van der Waals surface area contributed by atoms with Crippen LogP contribution in [0.15, 0.2) is 42.5 Å². The predicted molar refractivity (Wildman–Crippen MR) is 111 cm³/mol. The Hall–Kier alpha value is -2.20. The first-order valence-corrected chi connectivity index (χ1v) is 9.99. The van der Waals surface area contributed by atoms with Crippen LogP contribution in [0.1, 0.15) is 42.6 Å². The van der Waals surface area contributed by atoms with Gasteiger partial charge in [0.05, 0.1) is 11.6 Å². The molecule has 5 heteroatoms. The van der Waals surface area contributed by atoms with Crippen LogP contribution in [-0.2, 0) is 6.54 Å². The third-order valence-corrected chi connectivity index (χ3v) is 5.20. The topological polar surface area (TPSA) is 41.6 Å². The third-order valence-electron chi connectivity index (χ3n) is 4.91. The SMILES string of the molecule is CCOc1ccc(C(=O)NCc2ccc(N3CCC[C@H](C)C3)cc2)cc1Cl. The lowest BCUT2D eigenvalue weighted by atomic mass is 9.99. The molecule has 1 aliphatic rings. The molecule has 3 rings (SSSR count). The zero-order chi connectivity index (χ0) is 19.2. The summed E-state index contributed by atoms with van der Waals surface area (Å²) in [5, 5.41) is 3.40. The molecule has 0 unspecified atom stereocenters. The number of rotatable bonds is 6. The highest BCUT2D eigenvalue weighted by Gasteiger charge is 2.16. The number of hydrogen-bond acceptors (Lipinski definition) is 3. The Morgan fingerprint density at radius 3 is 2.70 bits per heavy atom. The average molecular weight is 387 g/mol. The Bertz CT molecular complexity index is 776. The maximum Gasteiger partial charge on any atom is 0.251 e. The van der Waals surface area contributed by atoms with Gasteiger partial charge < -0.3 is 15.0 Å². The second-order valence-electron chi connectivity index (χ2n) is 7.12. The Morgan fingerprint density at radius 2 is 2.04 bits per heavy atom. The summed E-state index contributed by atoms with van der Waals surface area (Å²) < 4.78 is 5.40. The average Bonchev–Trinajstić information content (AvgIpc) is 2.68. The highest BCUT2D eigenvalue weighted by atomic mass is 35.5. The van der Waals surface area contributed by atoms with Crippen molar-refractivity contribution in [3.63, 3.8) is 0 Å². The van der Waals surface area contributed by atoms with Crippen LogP contribution in [0.25, 0.3) is 0 Å². The third kappa shape index (κ3) is 5.16. The normalized spacial score (nSPS) is 16.9. The number of anilines is 1. The number of benzene rings is 2. The lowest BCUT2D eigenvalue weighted by Gasteiger charge is -2.32. The molecule has 1 heterocycles.